The van der Waals surface area contributed by atoms with Crippen LogP contribution in [0, 0.1) is 11.3 Å². The lowest BCUT2D eigenvalue weighted by atomic mass is 9.87. The SMILES string of the molecule is CC(C=CC(C)CCC(C)(C)C)=CC(=O)Cl. The van der Waals surface area contributed by atoms with E-state index in [0.29, 0.717) is 11.3 Å². The second-order valence-corrected chi connectivity index (χ2v) is 6.00. The van der Waals surface area contributed by atoms with Crippen molar-refractivity contribution in [3.8, 4) is 0 Å². The molecule has 92 valence electrons. The first kappa shape index (κ1) is 15.4. The van der Waals surface area contributed by atoms with Gasteiger partial charge in [-0.05, 0) is 48.3 Å². The Hall–Kier alpha value is -0.560. The van der Waals surface area contributed by atoms with Crippen molar-refractivity contribution < 1.29 is 4.79 Å². The van der Waals surface area contributed by atoms with Gasteiger partial charge in [-0.15, -0.1) is 0 Å². The maximum absolute atomic E-state index is 10.6. The first-order valence-electron chi connectivity index (χ1n) is 5.76. The number of rotatable bonds is 5. The smallest absolute Gasteiger partial charge is 0.245 e. The van der Waals surface area contributed by atoms with Crippen molar-refractivity contribution in [2.24, 2.45) is 11.3 Å². The first-order valence-corrected chi connectivity index (χ1v) is 6.14. The zero-order chi connectivity index (χ0) is 12.8. The van der Waals surface area contributed by atoms with E-state index in [1.807, 2.05) is 13.0 Å². The number of halogens is 1. The van der Waals surface area contributed by atoms with Crippen LogP contribution >= 0.6 is 11.6 Å². The van der Waals surface area contributed by atoms with Gasteiger partial charge in [-0.25, -0.2) is 0 Å². The lowest BCUT2D eigenvalue weighted by Gasteiger charge is -2.19. The maximum Gasteiger partial charge on any atom is 0.245 e. The van der Waals surface area contributed by atoms with Gasteiger partial charge in [0.15, 0.2) is 0 Å². The minimum atomic E-state index is -0.413. The summed E-state index contributed by atoms with van der Waals surface area (Å²) < 4.78 is 0. The molecular formula is C14H23ClO. The summed E-state index contributed by atoms with van der Waals surface area (Å²) in [7, 11) is 0. The number of allylic oxidation sites excluding steroid dienone is 4. The predicted molar refractivity (Wildman–Crippen MR) is 71.6 cm³/mol. The van der Waals surface area contributed by atoms with E-state index in [2.05, 4.69) is 33.8 Å². The normalized spacial score (nSPS) is 15.5. The van der Waals surface area contributed by atoms with Crippen LogP contribution in [0.25, 0.3) is 0 Å². The molecule has 0 saturated heterocycles. The van der Waals surface area contributed by atoms with Gasteiger partial charge in [0.05, 0.1) is 0 Å². The summed E-state index contributed by atoms with van der Waals surface area (Å²) in [5, 5.41) is -0.413. The van der Waals surface area contributed by atoms with Crippen molar-refractivity contribution in [2.75, 3.05) is 0 Å². The van der Waals surface area contributed by atoms with Gasteiger partial charge in [0.1, 0.15) is 0 Å². The summed E-state index contributed by atoms with van der Waals surface area (Å²) in [5.41, 5.74) is 1.29. The van der Waals surface area contributed by atoms with Crippen LogP contribution < -0.4 is 0 Å². The summed E-state index contributed by atoms with van der Waals surface area (Å²) in [6, 6.07) is 0. The molecule has 0 bridgehead atoms. The van der Waals surface area contributed by atoms with Crippen molar-refractivity contribution in [3.63, 3.8) is 0 Å². The van der Waals surface area contributed by atoms with E-state index in [1.165, 1.54) is 18.9 Å². The molecule has 0 aromatic heterocycles. The third-order valence-electron chi connectivity index (χ3n) is 2.38. The Kier molecular flexibility index (Phi) is 6.66. The van der Waals surface area contributed by atoms with Crippen molar-refractivity contribution in [3.05, 3.63) is 23.8 Å². The number of carbonyl (C=O) groups excluding carboxylic acids is 1. The fourth-order valence-electron chi connectivity index (χ4n) is 1.30. The fraction of sp³-hybridized carbons (Fsp3) is 0.643. The Morgan fingerprint density at radius 3 is 2.38 bits per heavy atom. The lowest BCUT2D eigenvalue weighted by Crippen LogP contribution is -2.06. The second-order valence-electron chi connectivity index (χ2n) is 5.63. The van der Waals surface area contributed by atoms with Gasteiger partial charge in [0.25, 0.3) is 0 Å². The van der Waals surface area contributed by atoms with Gasteiger partial charge >= 0.3 is 0 Å². The minimum Gasteiger partial charge on any atom is -0.276 e. The largest absolute Gasteiger partial charge is 0.276 e. The Labute approximate surface area is 105 Å². The number of hydrogen-bond donors (Lipinski definition) is 0. The average molecular weight is 243 g/mol. The van der Waals surface area contributed by atoms with Crippen LogP contribution in [0.15, 0.2) is 23.8 Å². The molecule has 1 nitrogen and oxygen atoms in total. The molecule has 0 amide bonds. The summed E-state index contributed by atoms with van der Waals surface area (Å²) in [4.78, 5) is 10.6. The van der Waals surface area contributed by atoms with Crippen LogP contribution in [-0.4, -0.2) is 5.24 Å². The summed E-state index contributed by atoms with van der Waals surface area (Å²) >= 11 is 5.26. The molecule has 0 radical (unpaired) electrons. The highest BCUT2D eigenvalue weighted by atomic mass is 35.5. The molecule has 0 saturated carbocycles. The Morgan fingerprint density at radius 1 is 1.38 bits per heavy atom. The van der Waals surface area contributed by atoms with Crippen LogP contribution in [0.2, 0.25) is 0 Å². The van der Waals surface area contributed by atoms with Gasteiger partial charge in [0, 0.05) is 6.08 Å². The Bertz CT molecular complexity index is 282. The second kappa shape index (κ2) is 6.90. The summed E-state index contributed by atoms with van der Waals surface area (Å²) in [6.45, 7) is 10.8. The van der Waals surface area contributed by atoms with Crippen molar-refractivity contribution in [1.82, 2.24) is 0 Å². The van der Waals surface area contributed by atoms with Gasteiger partial charge in [-0.3, -0.25) is 4.79 Å². The molecule has 0 N–H and O–H groups in total. The highest BCUT2D eigenvalue weighted by Gasteiger charge is 2.10. The zero-order valence-corrected chi connectivity index (χ0v) is 11.8. The van der Waals surface area contributed by atoms with Crippen LogP contribution in [-0.2, 0) is 4.79 Å². The Morgan fingerprint density at radius 2 is 1.94 bits per heavy atom. The molecule has 0 aromatic carbocycles. The van der Waals surface area contributed by atoms with E-state index in [1.54, 1.807) is 0 Å². The van der Waals surface area contributed by atoms with Gasteiger partial charge in [-0.1, -0.05) is 39.8 Å². The topological polar surface area (TPSA) is 17.1 Å². The standard InChI is InChI=1S/C14H23ClO/c1-11(8-9-14(3,4)5)6-7-12(2)10-13(15)16/h6-7,10-11H,8-9H2,1-5H3. The average Bonchev–Trinajstić information content (AvgIpc) is 2.09. The van der Waals surface area contributed by atoms with Crippen LogP contribution in [0.3, 0.4) is 0 Å². The number of carbonyl (C=O) groups is 1. The molecule has 1 unspecified atom stereocenters. The van der Waals surface area contributed by atoms with Crippen LogP contribution in [0.1, 0.15) is 47.5 Å². The minimum absolute atomic E-state index is 0.388. The van der Waals surface area contributed by atoms with Gasteiger partial charge in [0.2, 0.25) is 5.24 Å². The van der Waals surface area contributed by atoms with Gasteiger partial charge in [-0.2, -0.15) is 0 Å². The van der Waals surface area contributed by atoms with E-state index >= 15 is 0 Å². The van der Waals surface area contributed by atoms with Crippen molar-refractivity contribution >= 4 is 16.8 Å². The molecular weight excluding hydrogens is 220 g/mol. The molecule has 2 heteroatoms. The third-order valence-corrected chi connectivity index (χ3v) is 2.49. The molecule has 0 aliphatic carbocycles. The monoisotopic (exact) mass is 242 g/mol. The maximum atomic E-state index is 10.6. The first-order chi connectivity index (χ1) is 7.20. The van der Waals surface area contributed by atoms with Crippen LogP contribution in [0.4, 0.5) is 0 Å². The molecule has 0 aliphatic rings. The zero-order valence-electron chi connectivity index (χ0n) is 11.0. The summed E-state index contributed by atoms with van der Waals surface area (Å²) in [6.07, 6.45) is 7.91. The molecule has 0 aromatic rings. The third kappa shape index (κ3) is 9.97. The van der Waals surface area contributed by atoms with E-state index in [9.17, 15) is 4.79 Å². The van der Waals surface area contributed by atoms with E-state index in [4.69, 9.17) is 11.6 Å². The van der Waals surface area contributed by atoms with E-state index in [0.717, 1.165) is 5.57 Å². The van der Waals surface area contributed by atoms with Crippen molar-refractivity contribution in [1.29, 1.82) is 0 Å². The molecule has 16 heavy (non-hydrogen) atoms. The molecule has 0 spiro atoms. The van der Waals surface area contributed by atoms with Gasteiger partial charge < -0.3 is 0 Å². The molecule has 0 aliphatic heterocycles. The highest BCUT2D eigenvalue weighted by molar-refractivity contribution is 6.66. The molecule has 0 fully saturated rings. The van der Waals surface area contributed by atoms with E-state index in [-0.39, 0.29) is 0 Å². The summed E-state index contributed by atoms with van der Waals surface area (Å²) in [5.74, 6) is 0.535. The predicted octanol–water partition coefficient (Wildman–Crippen LogP) is 4.72. The molecule has 1 atom stereocenters. The van der Waals surface area contributed by atoms with Crippen LogP contribution in [0.5, 0.6) is 0 Å². The molecule has 0 heterocycles. The van der Waals surface area contributed by atoms with E-state index < -0.39 is 5.24 Å². The quantitative estimate of drug-likeness (QED) is 0.387. The highest BCUT2D eigenvalue weighted by Crippen LogP contribution is 2.24. The lowest BCUT2D eigenvalue weighted by molar-refractivity contribution is -0.107. The Balaban J connectivity index is 4.10. The van der Waals surface area contributed by atoms with Crippen molar-refractivity contribution in [2.45, 2.75) is 47.5 Å². The fourth-order valence-corrected chi connectivity index (χ4v) is 1.47. The number of hydrogen-bond acceptors (Lipinski definition) is 1. The molecule has 0 rings (SSSR count).